The van der Waals surface area contributed by atoms with Crippen LogP contribution in [0.15, 0.2) is 107 Å². The number of methoxy groups -OCH3 is 1. The van der Waals surface area contributed by atoms with Gasteiger partial charge in [-0.05, 0) is 72.8 Å². The number of nitrogens with one attached hydrogen (secondary N) is 2. The molecule has 0 aliphatic rings. The SMILES string of the molecule is COc1ccc(C(=O)N/C(=C\c2ccco2)C(=O)Nc2ccc(Oc3ccccc3)cc2)cc1. The number of anilines is 1. The van der Waals surface area contributed by atoms with E-state index in [1.807, 2.05) is 30.3 Å². The Bertz CT molecular complexity index is 1260. The lowest BCUT2D eigenvalue weighted by Gasteiger charge is -2.12. The van der Waals surface area contributed by atoms with Crippen molar-refractivity contribution in [3.05, 3.63) is 114 Å². The summed E-state index contributed by atoms with van der Waals surface area (Å²) in [5, 5.41) is 5.44. The van der Waals surface area contributed by atoms with Gasteiger partial charge in [-0.3, -0.25) is 9.59 Å². The number of carbonyl (C=O) groups excluding carboxylic acids is 2. The van der Waals surface area contributed by atoms with Crippen molar-refractivity contribution in [3.8, 4) is 17.2 Å². The van der Waals surface area contributed by atoms with Gasteiger partial charge in [0.2, 0.25) is 0 Å². The molecule has 0 unspecified atom stereocenters. The molecular weight excluding hydrogens is 432 g/mol. The molecule has 0 saturated heterocycles. The van der Waals surface area contributed by atoms with Crippen molar-refractivity contribution in [2.24, 2.45) is 0 Å². The van der Waals surface area contributed by atoms with Crippen molar-refractivity contribution < 1.29 is 23.5 Å². The number of carbonyl (C=O) groups is 2. The summed E-state index contributed by atoms with van der Waals surface area (Å²) in [4.78, 5) is 25.7. The fourth-order valence-electron chi connectivity index (χ4n) is 3.04. The Labute approximate surface area is 196 Å². The minimum absolute atomic E-state index is 0.0281. The maximum absolute atomic E-state index is 13.0. The summed E-state index contributed by atoms with van der Waals surface area (Å²) in [5.41, 5.74) is 0.941. The summed E-state index contributed by atoms with van der Waals surface area (Å²) < 4.78 is 16.2. The summed E-state index contributed by atoms with van der Waals surface area (Å²) in [6.07, 6.45) is 2.95. The molecule has 3 aromatic carbocycles. The molecular formula is C27H22N2O5. The molecule has 34 heavy (non-hydrogen) atoms. The molecule has 0 saturated carbocycles. The molecule has 0 fully saturated rings. The second kappa shape index (κ2) is 10.7. The Balaban J connectivity index is 1.47. The predicted molar refractivity (Wildman–Crippen MR) is 129 cm³/mol. The molecule has 7 nitrogen and oxygen atoms in total. The van der Waals surface area contributed by atoms with Gasteiger partial charge >= 0.3 is 0 Å². The molecule has 4 rings (SSSR count). The first kappa shape index (κ1) is 22.4. The first-order valence-electron chi connectivity index (χ1n) is 10.5. The van der Waals surface area contributed by atoms with Crippen LogP contribution < -0.4 is 20.1 Å². The Hall–Kier alpha value is -4.78. The van der Waals surface area contributed by atoms with Crippen LogP contribution in [0.2, 0.25) is 0 Å². The molecule has 7 heteroatoms. The number of para-hydroxylation sites is 1. The highest BCUT2D eigenvalue weighted by atomic mass is 16.5. The van der Waals surface area contributed by atoms with Crippen molar-refractivity contribution in [2.45, 2.75) is 0 Å². The fraction of sp³-hybridized carbons (Fsp3) is 0.0370. The summed E-state index contributed by atoms with van der Waals surface area (Å²) in [5.74, 6) is 1.44. The van der Waals surface area contributed by atoms with Crippen LogP contribution in [-0.4, -0.2) is 18.9 Å². The van der Waals surface area contributed by atoms with E-state index in [2.05, 4.69) is 10.6 Å². The van der Waals surface area contributed by atoms with Crippen LogP contribution in [0.4, 0.5) is 5.69 Å². The van der Waals surface area contributed by atoms with Gasteiger partial charge in [0.25, 0.3) is 11.8 Å². The third-order valence-corrected chi connectivity index (χ3v) is 4.77. The Morgan fingerprint density at radius 1 is 0.794 bits per heavy atom. The summed E-state index contributed by atoms with van der Waals surface area (Å²) in [7, 11) is 1.55. The maximum Gasteiger partial charge on any atom is 0.272 e. The van der Waals surface area contributed by atoms with Crippen LogP contribution in [-0.2, 0) is 4.79 Å². The second-order valence-corrected chi connectivity index (χ2v) is 7.15. The van der Waals surface area contributed by atoms with Gasteiger partial charge in [0.1, 0.15) is 28.7 Å². The molecule has 0 aliphatic carbocycles. The normalized spacial score (nSPS) is 10.9. The van der Waals surface area contributed by atoms with Gasteiger partial charge in [0, 0.05) is 17.3 Å². The Kier molecular flexibility index (Phi) is 7.05. The van der Waals surface area contributed by atoms with E-state index in [9.17, 15) is 9.59 Å². The van der Waals surface area contributed by atoms with Gasteiger partial charge in [-0.1, -0.05) is 18.2 Å². The summed E-state index contributed by atoms with van der Waals surface area (Å²) >= 11 is 0. The molecule has 0 aliphatic heterocycles. The standard InChI is InChI=1S/C27H22N2O5/c1-32-21-13-9-19(10-14-21)26(30)29-25(18-24-8-5-17-33-24)27(31)28-20-11-15-23(16-12-20)34-22-6-3-2-4-7-22/h2-18H,1H3,(H,28,31)(H,29,30)/b25-18-. The van der Waals surface area contributed by atoms with E-state index in [0.717, 1.165) is 0 Å². The van der Waals surface area contributed by atoms with Crippen LogP contribution in [0.1, 0.15) is 16.1 Å². The Morgan fingerprint density at radius 2 is 1.47 bits per heavy atom. The highest BCUT2D eigenvalue weighted by molar-refractivity contribution is 6.10. The van der Waals surface area contributed by atoms with Gasteiger partial charge in [-0.15, -0.1) is 0 Å². The fourth-order valence-corrected chi connectivity index (χ4v) is 3.04. The average molecular weight is 454 g/mol. The highest BCUT2D eigenvalue weighted by Gasteiger charge is 2.16. The molecule has 2 amide bonds. The van der Waals surface area contributed by atoms with E-state index in [1.165, 1.54) is 12.3 Å². The highest BCUT2D eigenvalue weighted by Crippen LogP contribution is 2.23. The zero-order valence-electron chi connectivity index (χ0n) is 18.4. The molecule has 4 aromatic rings. The number of furan rings is 1. The van der Waals surface area contributed by atoms with Crippen LogP contribution in [0.25, 0.3) is 6.08 Å². The first-order chi connectivity index (χ1) is 16.6. The van der Waals surface area contributed by atoms with Crippen LogP contribution >= 0.6 is 0 Å². The number of hydrogen-bond acceptors (Lipinski definition) is 5. The molecule has 2 N–H and O–H groups in total. The predicted octanol–water partition coefficient (Wildman–Crippen LogP) is 5.49. The lowest BCUT2D eigenvalue weighted by atomic mass is 10.2. The topological polar surface area (TPSA) is 89.8 Å². The van der Waals surface area contributed by atoms with Crippen molar-refractivity contribution in [1.29, 1.82) is 0 Å². The molecule has 170 valence electrons. The second-order valence-electron chi connectivity index (χ2n) is 7.15. The lowest BCUT2D eigenvalue weighted by molar-refractivity contribution is -0.113. The number of amides is 2. The van der Waals surface area contributed by atoms with Crippen LogP contribution in [0.5, 0.6) is 17.2 Å². The number of hydrogen-bond donors (Lipinski definition) is 2. The molecule has 1 heterocycles. The monoisotopic (exact) mass is 454 g/mol. The van der Waals surface area contributed by atoms with Crippen molar-refractivity contribution in [1.82, 2.24) is 5.32 Å². The average Bonchev–Trinajstić information content (AvgIpc) is 3.39. The van der Waals surface area contributed by atoms with Gasteiger partial charge in [-0.2, -0.15) is 0 Å². The third kappa shape index (κ3) is 5.92. The summed E-state index contributed by atoms with van der Waals surface area (Å²) in [6, 6.07) is 26.3. The summed E-state index contributed by atoms with van der Waals surface area (Å²) in [6.45, 7) is 0. The quantitative estimate of drug-likeness (QED) is 0.344. The molecule has 0 bridgehead atoms. The number of benzene rings is 3. The lowest BCUT2D eigenvalue weighted by Crippen LogP contribution is -2.30. The number of rotatable bonds is 8. The van der Waals surface area contributed by atoms with Gasteiger partial charge in [0.05, 0.1) is 13.4 Å². The zero-order valence-corrected chi connectivity index (χ0v) is 18.4. The molecule has 1 aromatic heterocycles. The largest absolute Gasteiger partial charge is 0.497 e. The van der Waals surface area contributed by atoms with E-state index in [4.69, 9.17) is 13.9 Å². The van der Waals surface area contributed by atoms with E-state index >= 15 is 0 Å². The van der Waals surface area contributed by atoms with Gasteiger partial charge in [-0.25, -0.2) is 0 Å². The van der Waals surface area contributed by atoms with Crippen molar-refractivity contribution >= 4 is 23.6 Å². The molecule has 0 radical (unpaired) electrons. The minimum atomic E-state index is -0.505. The minimum Gasteiger partial charge on any atom is -0.497 e. The van der Waals surface area contributed by atoms with Crippen LogP contribution in [0, 0.1) is 0 Å². The van der Waals surface area contributed by atoms with Crippen molar-refractivity contribution in [2.75, 3.05) is 12.4 Å². The van der Waals surface area contributed by atoms with Gasteiger partial charge < -0.3 is 24.5 Å². The number of ether oxygens (including phenoxy) is 2. The zero-order chi connectivity index (χ0) is 23.8. The third-order valence-electron chi connectivity index (χ3n) is 4.77. The van der Waals surface area contributed by atoms with E-state index in [0.29, 0.717) is 34.3 Å². The van der Waals surface area contributed by atoms with E-state index < -0.39 is 11.8 Å². The van der Waals surface area contributed by atoms with E-state index in [-0.39, 0.29) is 5.70 Å². The van der Waals surface area contributed by atoms with Crippen molar-refractivity contribution in [3.63, 3.8) is 0 Å². The molecule has 0 spiro atoms. The van der Waals surface area contributed by atoms with E-state index in [1.54, 1.807) is 67.8 Å². The smallest absolute Gasteiger partial charge is 0.272 e. The Morgan fingerprint density at radius 3 is 2.12 bits per heavy atom. The first-order valence-corrected chi connectivity index (χ1v) is 10.5. The van der Waals surface area contributed by atoms with Gasteiger partial charge in [0.15, 0.2) is 0 Å². The molecule has 0 atom stereocenters. The van der Waals surface area contributed by atoms with Crippen LogP contribution in [0.3, 0.4) is 0 Å². The maximum atomic E-state index is 13.0.